The van der Waals surface area contributed by atoms with Gasteiger partial charge in [0, 0.05) is 59.2 Å². The van der Waals surface area contributed by atoms with Gasteiger partial charge in [0.05, 0.1) is 5.00 Å². The summed E-state index contributed by atoms with van der Waals surface area (Å²) in [6.07, 6.45) is 6.08. The van der Waals surface area contributed by atoms with Crippen LogP contribution in [0.25, 0.3) is 35.2 Å². The molecule has 1 aliphatic carbocycles. The van der Waals surface area contributed by atoms with Crippen molar-refractivity contribution >= 4 is 124 Å². The summed E-state index contributed by atoms with van der Waals surface area (Å²) in [5, 5.41) is 2.17. The second kappa shape index (κ2) is 9.57. The van der Waals surface area contributed by atoms with E-state index in [2.05, 4.69) is 87.2 Å². The van der Waals surface area contributed by atoms with Crippen LogP contribution < -0.4 is 5.73 Å². The first-order chi connectivity index (χ1) is 18.8. The van der Waals surface area contributed by atoms with Crippen molar-refractivity contribution in [3.8, 4) is 9.75 Å². The van der Waals surface area contributed by atoms with E-state index in [9.17, 15) is 0 Å². The second-order valence-corrected chi connectivity index (χ2v) is 20.6. The number of allylic oxidation sites excluding steroid dienone is 5. The summed E-state index contributed by atoms with van der Waals surface area (Å²) in [5.41, 5.74) is 15.3. The molecule has 2 N–H and O–H groups in total. The van der Waals surface area contributed by atoms with Crippen molar-refractivity contribution in [2.24, 2.45) is 0 Å². The van der Waals surface area contributed by atoms with Crippen LogP contribution in [-0.4, -0.2) is 14.0 Å². The van der Waals surface area contributed by atoms with Crippen LogP contribution in [0.15, 0.2) is 52.5 Å². The molecule has 1 nitrogen and oxygen atoms in total. The Hall–Kier alpha value is -0.880. The highest BCUT2D eigenvalue weighted by Crippen LogP contribution is 2.54. The van der Waals surface area contributed by atoms with Crippen LogP contribution in [-0.2, 0) is 10.8 Å². The summed E-state index contributed by atoms with van der Waals surface area (Å²) in [7, 11) is 0. The summed E-state index contributed by atoms with van der Waals surface area (Å²) < 4.78 is 5.51. The smallest absolute Gasteiger partial charge is 0.0877 e. The first-order valence-electron chi connectivity index (χ1n) is 13.0. The first kappa shape index (κ1) is 25.8. The Balaban J connectivity index is 1.17. The zero-order chi connectivity index (χ0) is 26.6. The van der Waals surface area contributed by atoms with Gasteiger partial charge in [-0.1, -0.05) is 12.2 Å². The van der Waals surface area contributed by atoms with Gasteiger partial charge in [-0.3, -0.25) is 0 Å². The number of thioether (sulfide) groups is 2. The van der Waals surface area contributed by atoms with E-state index in [0.717, 1.165) is 11.4 Å². The maximum atomic E-state index is 6.04. The lowest BCUT2D eigenvalue weighted by Gasteiger charge is -2.12. The number of fused-ring (bicyclic) bond motifs is 5. The molecule has 2 atom stereocenters. The van der Waals surface area contributed by atoms with E-state index in [1.807, 2.05) is 34.4 Å². The summed E-state index contributed by atoms with van der Waals surface area (Å²) in [5.74, 6) is 0. The zero-order valence-corrected chi connectivity index (χ0v) is 29.0. The fraction of sp³-hybridized carbons (Fsp3) is 0.258. The molecule has 4 aromatic rings. The predicted molar refractivity (Wildman–Crippen MR) is 194 cm³/mol. The predicted octanol–water partition coefficient (Wildman–Crippen LogP) is 11.3. The third-order valence-electron chi connectivity index (χ3n) is 7.96. The molecule has 0 bridgehead atoms. The van der Waals surface area contributed by atoms with Gasteiger partial charge < -0.3 is 5.73 Å². The summed E-state index contributed by atoms with van der Waals surface area (Å²) in [4.78, 5) is 10.4. The van der Waals surface area contributed by atoms with Gasteiger partial charge in [-0.25, -0.2) is 0 Å². The molecular formula is C31H26INS6. The second-order valence-electron chi connectivity index (χ2n) is 10.5. The highest BCUT2D eigenvalue weighted by molar-refractivity contribution is 14.2. The number of rotatable bonds is 2. The van der Waals surface area contributed by atoms with Crippen molar-refractivity contribution in [1.82, 2.24) is 0 Å². The highest BCUT2D eigenvalue weighted by atomic mass is 127. The van der Waals surface area contributed by atoms with Crippen LogP contribution in [0.1, 0.15) is 53.5 Å². The maximum Gasteiger partial charge on any atom is 0.0877 e. The van der Waals surface area contributed by atoms with Gasteiger partial charge >= 0.3 is 0 Å². The van der Waals surface area contributed by atoms with Crippen LogP contribution >= 0.6 is 89.6 Å². The Morgan fingerprint density at radius 3 is 2.31 bits per heavy atom. The van der Waals surface area contributed by atoms with Crippen LogP contribution in [0, 0.1) is 0 Å². The quantitative estimate of drug-likeness (QED) is 0.164. The Morgan fingerprint density at radius 2 is 1.49 bits per heavy atom. The summed E-state index contributed by atoms with van der Waals surface area (Å²) in [6, 6.07) is 9.50. The molecule has 39 heavy (non-hydrogen) atoms. The minimum absolute atomic E-state index is 0.0820. The average molecular weight is 732 g/mol. The number of nitrogens with two attached hydrogens (primary N) is 1. The standard InChI is InChI=1S/C31H26INS6/c1-13-5-20-23(34-13)9-24(35-20)21-7-17-6-19-14(2)15(3)30-18(12-32-16(4)29(19)31(17)39-21)8-22(38-30)25-10-26-27(36-25)11-28(33)37-26/h5,7-11,20,23H,6,12,33H2,1-4H3/b15-14+. The van der Waals surface area contributed by atoms with E-state index in [-0.39, 0.29) is 20.7 Å². The molecule has 0 spiro atoms. The normalized spacial score (nSPS) is 24.4. The van der Waals surface area contributed by atoms with Gasteiger partial charge in [-0.05, 0) is 94.6 Å². The average Bonchev–Trinajstić information content (AvgIpc) is 3.70. The van der Waals surface area contributed by atoms with Crippen LogP contribution in [0.4, 0.5) is 5.00 Å². The molecule has 198 valence electrons. The van der Waals surface area contributed by atoms with E-state index in [0.29, 0.717) is 10.5 Å². The molecule has 7 heterocycles. The van der Waals surface area contributed by atoms with Gasteiger partial charge in [0.2, 0.25) is 0 Å². The van der Waals surface area contributed by atoms with Gasteiger partial charge in [0.1, 0.15) is 0 Å². The number of thiophene rings is 4. The SMILES string of the molecule is CC1=CC2SC(c3cc4c(s3)C3=C(C4)/C(C)=C(\C)c4sc(-c5cc6sc(N)cc6s5)cc4CI=C3C)=CC2S1. The molecule has 0 aromatic carbocycles. The summed E-state index contributed by atoms with van der Waals surface area (Å²) in [6.45, 7) is 9.44. The number of nitrogen functional groups attached to an aromatic ring is 1. The molecule has 0 fully saturated rings. The van der Waals surface area contributed by atoms with Crippen molar-refractivity contribution in [3.63, 3.8) is 0 Å². The van der Waals surface area contributed by atoms with Crippen molar-refractivity contribution in [2.45, 2.75) is 49.0 Å². The summed E-state index contributed by atoms with van der Waals surface area (Å²) >= 11 is 11.7. The lowest BCUT2D eigenvalue weighted by atomic mass is 9.95. The molecule has 0 radical (unpaired) electrons. The molecule has 4 aromatic heterocycles. The molecular weight excluding hydrogens is 706 g/mol. The minimum Gasteiger partial charge on any atom is -0.391 e. The lowest BCUT2D eigenvalue weighted by Crippen LogP contribution is -2.04. The van der Waals surface area contributed by atoms with Gasteiger partial charge in [0.15, 0.2) is 0 Å². The Morgan fingerprint density at radius 1 is 0.744 bits per heavy atom. The topological polar surface area (TPSA) is 26.0 Å². The van der Waals surface area contributed by atoms with Crippen LogP contribution in [0.2, 0.25) is 0 Å². The van der Waals surface area contributed by atoms with Crippen LogP contribution in [0.5, 0.6) is 0 Å². The van der Waals surface area contributed by atoms with Crippen molar-refractivity contribution in [1.29, 1.82) is 0 Å². The third kappa shape index (κ3) is 4.22. The first-order valence-corrected chi connectivity index (χ1v) is 20.6. The van der Waals surface area contributed by atoms with E-state index in [1.54, 1.807) is 42.0 Å². The number of halogens is 1. The molecule has 0 amide bonds. The van der Waals surface area contributed by atoms with E-state index >= 15 is 0 Å². The van der Waals surface area contributed by atoms with Crippen LogP contribution in [0.3, 0.4) is 0 Å². The monoisotopic (exact) mass is 731 g/mol. The molecule has 3 aliphatic heterocycles. The third-order valence-corrected chi connectivity index (χ3v) is 18.5. The van der Waals surface area contributed by atoms with Gasteiger partial charge in [-0.15, -0.1) is 89.6 Å². The fourth-order valence-corrected chi connectivity index (χ4v) is 16.7. The number of hydrogen-bond donors (Lipinski definition) is 1. The van der Waals surface area contributed by atoms with E-state index in [4.69, 9.17) is 5.73 Å². The fourth-order valence-electron chi connectivity index (χ4n) is 5.92. The van der Waals surface area contributed by atoms with E-state index < -0.39 is 0 Å². The molecule has 4 aliphatic rings. The van der Waals surface area contributed by atoms with Gasteiger partial charge in [-0.2, -0.15) is 0 Å². The number of anilines is 1. The minimum atomic E-state index is -0.0820. The molecule has 0 saturated heterocycles. The Kier molecular flexibility index (Phi) is 6.33. The molecule has 8 rings (SSSR count). The maximum absolute atomic E-state index is 6.04. The largest absolute Gasteiger partial charge is 0.391 e. The van der Waals surface area contributed by atoms with Crippen molar-refractivity contribution in [3.05, 3.63) is 78.2 Å². The molecule has 8 heteroatoms. The number of hydrogen-bond acceptors (Lipinski definition) is 7. The van der Waals surface area contributed by atoms with Gasteiger partial charge in [0.25, 0.3) is 0 Å². The van der Waals surface area contributed by atoms with E-state index in [1.165, 1.54) is 54.3 Å². The Bertz CT molecular complexity index is 1850. The zero-order valence-electron chi connectivity index (χ0n) is 21.9. The van der Waals surface area contributed by atoms with Crippen molar-refractivity contribution < 1.29 is 0 Å². The lowest BCUT2D eigenvalue weighted by molar-refractivity contribution is 1.14. The highest BCUT2D eigenvalue weighted by Gasteiger charge is 2.35. The molecule has 2 unspecified atom stereocenters. The Labute approximate surface area is 263 Å². The molecule has 0 saturated carbocycles. The number of alkyl halides is 1. The van der Waals surface area contributed by atoms with Crippen molar-refractivity contribution in [2.75, 3.05) is 5.73 Å².